The molecule has 2 aromatic carbocycles. The van der Waals surface area contributed by atoms with E-state index in [0.29, 0.717) is 5.02 Å². The van der Waals surface area contributed by atoms with Crippen LogP contribution < -0.4 is 11.3 Å². The lowest BCUT2D eigenvalue weighted by molar-refractivity contribution is 0.476. The van der Waals surface area contributed by atoms with Gasteiger partial charge in [0.25, 0.3) is 0 Å². The van der Waals surface area contributed by atoms with E-state index in [-0.39, 0.29) is 6.04 Å². The van der Waals surface area contributed by atoms with Gasteiger partial charge in [0.05, 0.1) is 0 Å². The van der Waals surface area contributed by atoms with E-state index < -0.39 is 0 Å². The molecule has 1 unspecified atom stereocenters. The smallest absolute Gasteiger partial charge is 0.137 e. The molecule has 0 radical (unpaired) electrons. The third kappa shape index (κ3) is 2.72. The number of furan rings is 1. The molecule has 3 rings (SSSR count). The van der Waals surface area contributed by atoms with Crippen molar-refractivity contribution in [2.45, 2.75) is 13.0 Å². The SMILES string of the molecule is Cc1cccc2cc(C(NN)c3ccc(Br)cc3Cl)oc12. The molecule has 0 spiro atoms. The number of hydrazine groups is 1. The summed E-state index contributed by atoms with van der Waals surface area (Å²) in [5, 5.41) is 1.68. The van der Waals surface area contributed by atoms with E-state index in [1.807, 2.05) is 49.4 Å². The monoisotopic (exact) mass is 364 g/mol. The second kappa shape index (κ2) is 5.81. The summed E-state index contributed by atoms with van der Waals surface area (Å²) in [6.07, 6.45) is 0. The van der Waals surface area contributed by atoms with Crippen molar-refractivity contribution >= 4 is 38.5 Å². The zero-order valence-corrected chi connectivity index (χ0v) is 13.7. The average molecular weight is 366 g/mol. The summed E-state index contributed by atoms with van der Waals surface area (Å²) in [4.78, 5) is 0. The van der Waals surface area contributed by atoms with E-state index in [4.69, 9.17) is 21.9 Å². The van der Waals surface area contributed by atoms with Gasteiger partial charge < -0.3 is 4.42 Å². The first-order valence-corrected chi connectivity index (χ1v) is 7.67. The lowest BCUT2D eigenvalue weighted by Gasteiger charge is -2.15. The Balaban J connectivity index is 2.11. The lowest BCUT2D eigenvalue weighted by Crippen LogP contribution is -2.28. The van der Waals surface area contributed by atoms with Gasteiger partial charge in [0.1, 0.15) is 17.4 Å². The number of hydrogen-bond acceptors (Lipinski definition) is 3. The maximum atomic E-state index is 6.32. The van der Waals surface area contributed by atoms with Crippen LogP contribution >= 0.6 is 27.5 Å². The minimum Gasteiger partial charge on any atom is -0.459 e. The first-order valence-electron chi connectivity index (χ1n) is 6.50. The molecule has 21 heavy (non-hydrogen) atoms. The average Bonchev–Trinajstić information content (AvgIpc) is 2.87. The number of para-hydroxylation sites is 1. The Bertz CT molecular complexity index is 800. The van der Waals surface area contributed by atoms with Crippen molar-refractivity contribution < 1.29 is 4.42 Å². The molecule has 0 saturated carbocycles. The standard InChI is InChI=1S/C16H14BrClN2O/c1-9-3-2-4-10-7-14(21-16(9)10)15(20-19)12-6-5-11(17)8-13(12)18/h2-8,15,20H,19H2,1H3. The normalized spacial score (nSPS) is 12.8. The zero-order chi connectivity index (χ0) is 15.0. The predicted molar refractivity (Wildman–Crippen MR) is 89.3 cm³/mol. The topological polar surface area (TPSA) is 51.2 Å². The van der Waals surface area contributed by atoms with Crippen LogP contribution in [-0.4, -0.2) is 0 Å². The van der Waals surface area contributed by atoms with Crippen LogP contribution in [0.2, 0.25) is 5.02 Å². The third-order valence-electron chi connectivity index (χ3n) is 3.48. The van der Waals surface area contributed by atoms with Gasteiger partial charge in [0.2, 0.25) is 0 Å². The molecule has 5 heteroatoms. The van der Waals surface area contributed by atoms with E-state index in [9.17, 15) is 0 Å². The summed E-state index contributed by atoms with van der Waals surface area (Å²) >= 11 is 9.72. The van der Waals surface area contributed by atoms with Crippen LogP contribution in [0, 0.1) is 6.92 Å². The summed E-state index contributed by atoms with van der Waals surface area (Å²) < 4.78 is 6.90. The van der Waals surface area contributed by atoms with Crippen LogP contribution in [0.3, 0.4) is 0 Å². The summed E-state index contributed by atoms with van der Waals surface area (Å²) in [6, 6.07) is 13.4. The van der Waals surface area contributed by atoms with Crippen LogP contribution in [0.4, 0.5) is 0 Å². The Hall–Kier alpha value is -1.33. The van der Waals surface area contributed by atoms with Crippen LogP contribution in [0.25, 0.3) is 11.0 Å². The number of hydrogen-bond donors (Lipinski definition) is 2. The van der Waals surface area contributed by atoms with Crippen molar-refractivity contribution in [2.24, 2.45) is 5.84 Å². The second-order valence-corrected chi connectivity index (χ2v) is 6.23. The third-order valence-corrected chi connectivity index (χ3v) is 4.31. The molecule has 108 valence electrons. The highest BCUT2D eigenvalue weighted by Crippen LogP contribution is 2.33. The van der Waals surface area contributed by atoms with Crippen molar-refractivity contribution in [1.82, 2.24) is 5.43 Å². The van der Waals surface area contributed by atoms with Crippen molar-refractivity contribution in [3.05, 3.63) is 68.8 Å². The fourth-order valence-electron chi connectivity index (χ4n) is 2.43. The first-order chi connectivity index (χ1) is 10.1. The minimum atomic E-state index is -0.294. The first kappa shape index (κ1) is 14.6. The van der Waals surface area contributed by atoms with E-state index in [0.717, 1.165) is 32.3 Å². The zero-order valence-electron chi connectivity index (χ0n) is 11.4. The van der Waals surface area contributed by atoms with Gasteiger partial charge >= 0.3 is 0 Å². The van der Waals surface area contributed by atoms with E-state index in [1.165, 1.54) is 0 Å². The quantitative estimate of drug-likeness (QED) is 0.522. The highest BCUT2D eigenvalue weighted by Gasteiger charge is 2.20. The van der Waals surface area contributed by atoms with Crippen molar-refractivity contribution in [1.29, 1.82) is 0 Å². The maximum absolute atomic E-state index is 6.32. The highest BCUT2D eigenvalue weighted by atomic mass is 79.9. The fourth-order valence-corrected chi connectivity index (χ4v) is 3.21. The van der Waals surface area contributed by atoms with Gasteiger partial charge in [-0.25, -0.2) is 5.43 Å². The summed E-state index contributed by atoms with van der Waals surface area (Å²) in [7, 11) is 0. The number of benzene rings is 2. The Morgan fingerprint density at radius 1 is 1.24 bits per heavy atom. The maximum Gasteiger partial charge on any atom is 0.137 e. The molecule has 0 fully saturated rings. The Morgan fingerprint density at radius 3 is 2.71 bits per heavy atom. The van der Waals surface area contributed by atoms with Crippen LogP contribution in [0.15, 0.2) is 51.4 Å². The summed E-state index contributed by atoms with van der Waals surface area (Å²) in [6.45, 7) is 2.02. The molecule has 0 saturated heterocycles. The number of nitrogens with one attached hydrogen (secondary N) is 1. The molecule has 1 heterocycles. The molecule has 0 aliphatic heterocycles. The van der Waals surface area contributed by atoms with Gasteiger partial charge in [0, 0.05) is 14.9 Å². The number of fused-ring (bicyclic) bond motifs is 1. The number of aryl methyl sites for hydroxylation is 1. The molecule has 3 aromatic rings. The van der Waals surface area contributed by atoms with Crippen molar-refractivity contribution in [3.63, 3.8) is 0 Å². The van der Waals surface area contributed by atoms with Gasteiger partial charge in [-0.05, 0) is 36.2 Å². The van der Waals surface area contributed by atoms with Gasteiger partial charge in [-0.2, -0.15) is 0 Å². The van der Waals surface area contributed by atoms with Gasteiger partial charge in [0.15, 0.2) is 0 Å². The number of nitrogens with two attached hydrogens (primary N) is 1. The molecule has 0 aliphatic carbocycles. The van der Waals surface area contributed by atoms with Crippen LogP contribution in [0.1, 0.15) is 22.9 Å². The molecule has 3 nitrogen and oxygen atoms in total. The van der Waals surface area contributed by atoms with E-state index >= 15 is 0 Å². The van der Waals surface area contributed by atoms with Crippen molar-refractivity contribution in [3.8, 4) is 0 Å². The van der Waals surface area contributed by atoms with Crippen LogP contribution in [0.5, 0.6) is 0 Å². The molecule has 1 aromatic heterocycles. The largest absolute Gasteiger partial charge is 0.459 e. The van der Waals surface area contributed by atoms with Crippen molar-refractivity contribution in [2.75, 3.05) is 0 Å². The lowest BCUT2D eigenvalue weighted by atomic mass is 10.0. The van der Waals surface area contributed by atoms with E-state index in [2.05, 4.69) is 21.4 Å². The van der Waals surface area contributed by atoms with Gasteiger partial charge in [-0.3, -0.25) is 5.84 Å². The fraction of sp³-hybridized carbons (Fsp3) is 0.125. The molecule has 0 aliphatic rings. The molecule has 0 bridgehead atoms. The molecule has 1 atom stereocenters. The molecule has 0 amide bonds. The highest BCUT2D eigenvalue weighted by molar-refractivity contribution is 9.10. The minimum absolute atomic E-state index is 0.294. The van der Waals surface area contributed by atoms with Gasteiger partial charge in [-0.1, -0.05) is 51.8 Å². The van der Waals surface area contributed by atoms with Gasteiger partial charge in [-0.15, -0.1) is 0 Å². The predicted octanol–water partition coefficient (Wildman–Crippen LogP) is 4.71. The molecular formula is C16H14BrClN2O. The number of halogens is 2. The Labute approximate surface area is 136 Å². The number of rotatable bonds is 3. The second-order valence-electron chi connectivity index (χ2n) is 4.91. The van der Waals surface area contributed by atoms with Crippen LogP contribution in [-0.2, 0) is 0 Å². The Kier molecular flexibility index (Phi) is 4.04. The summed E-state index contributed by atoms with van der Waals surface area (Å²) in [5.74, 6) is 6.46. The molecular weight excluding hydrogens is 352 g/mol. The Morgan fingerprint density at radius 2 is 2.05 bits per heavy atom. The molecule has 3 N–H and O–H groups in total. The summed E-state index contributed by atoms with van der Waals surface area (Å²) in [5.41, 5.74) is 5.63. The van der Waals surface area contributed by atoms with E-state index in [1.54, 1.807) is 0 Å².